The fourth-order valence-corrected chi connectivity index (χ4v) is 3.02. The molecule has 1 aliphatic heterocycles. The van der Waals surface area contributed by atoms with Crippen molar-refractivity contribution >= 4 is 16.8 Å². The van der Waals surface area contributed by atoms with E-state index in [0.29, 0.717) is 13.0 Å². The molecular weight excluding hydrogens is 293 g/mol. The summed E-state index contributed by atoms with van der Waals surface area (Å²) in [6.45, 7) is 0.193. The van der Waals surface area contributed by atoms with Crippen LogP contribution in [0.4, 0.5) is 13.2 Å². The molecule has 3 rings (SSSR count). The number of rotatable bonds is 2. The predicted octanol–water partition coefficient (Wildman–Crippen LogP) is 3.51. The molecule has 1 aromatic heterocycles. The van der Waals surface area contributed by atoms with Crippen LogP contribution in [0.25, 0.3) is 10.9 Å². The van der Waals surface area contributed by atoms with E-state index in [0.717, 1.165) is 16.5 Å². The summed E-state index contributed by atoms with van der Waals surface area (Å²) in [5, 5.41) is 0.945. The molecule has 0 saturated carbocycles. The Kier molecular flexibility index (Phi) is 3.85. The zero-order valence-corrected chi connectivity index (χ0v) is 12.0. The van der Waals surface area contributed by atoms with Gasteiger partial charge in [0.2, 0.25) is 5.91 Å². The molecule has 118 valence electrons. The Morgan fingerprint density at radius 1 is 1.32 bits per heavy atom. The average molecular weight is 310 g/mol. The van der Waals surface area contributed by atoms with E-state index in [1.54, 1.807) is 6.20 Å². The number of carbonyl (C=O) groups excluding carboxylic acids is 1. The maximum atomic E-state index is 12.8. The molecule has 3 nitrogen and oxygen atoms in total. The number of H-pyrrole nitrogens is 1. The van der Waals surface area contributed by atoms with Crippen molar-refractivity contribution < 1.29 is 18.0 Å². The number of nitrogens with one attached hydrogen (secondary N) is 1. The molecule has 1 N–H and O–H groups in total. The zero-order chi connectivity index (χ0) is 15.7. The van der Waals surface area contributed by atoms with Gasteiger partial charge < -0.3 is 9.88 Å². The van der Waals surface area contributed by atoms with Crippen molar-refractivity contribution in [2.75, 3.05) is 13.1 Å². The first-order chi connectivity index (χ1) is 10.4. The van der Waals surface area contributed by atoms with E-state index in [4.69, 9.17) is 0 Å². The first kappa shape index (κ1) is 14.9. The number of benzene rings is 1. The van der Waals surface area contributed by atoms with Gasteiger partial charge in [-0.25, -0.2) is 0 Å². The van der Waals surface area contributed by atoms with E-state index in [1.807, 2.05) is 24.3 Å². The van der Waals surface area contributed by atoms with E-state index in [-0.39, 0.29) is 25.3 Å². The summed E-state index contributed by atoms with van der Waals surface area (Å²) in [7, 11) is 0. The number of likely N-dealkylation sites (tertiary alicyclic amines) is 1. The Balaban J connectivity index is 1.71. The van der Waals surface area contributed by atoms with Gasteiger partial charge in [-0.2, -0.15) is 13.2 Å². The standard InChI is InChI=1S/C16H17F3N2O/c17-16(18,19)12-4-3-7-21(10-12)15(22)8-11-9-20-14-6-2-1-5-13(11)14/h1-2,5-6,9,12,20H,3-4,7-8,10H2/t12-/m0/s1. The number of piperidine rings is 1. The van der Waals surface area contributed by atoms with Gasteiger partial charge in [0.05, 0.1) is 12.3 Å². The first-order valence-corrected chi connectivity index (χ1v) is 7.34. The highest BCUT2D eigenvalue weighted by molar-refractivity contribution is 5.88. The van der Waals surface area contributed by atoms with Gasteiger partial charge in [0.15, 0.2) is 0 Å². The van der Waals surface area contributed by atoms with Crippen LogP contribution >= 0.6 is 0 Å². The summed E-state index contributed by atoms with van der Waals surface area (Å²) >= 11 is 0. The summed E-state index contributed by atoms with van der Waals surface area (Å²) in [5.41, 5.74) is 1.76. The van der Waals surface area contributed by atoms with Crippen molar-refractivity contribution in [2.24, 2.45) is 5.92 Å². The third kappa shape index (κ3) is 2.96. The Labute approximate surface area is 126 Å². The highest BCUT2D eigenvalue weighted by Gasteiger charge is 2.42. The van der Waals surface area contributed by atoms with Crippen LogP contribution in [0.3, 0.4) is 0 Å². The summed E-state index contributed by atoms with van der Waals surface area (Å²) in [6.07, 6.45) is -1.81. The van der Waals surface area contributed by atoms with Crippen LogP contribution in [-0.4, -0.2) is 35.1 Å². The monoisotopic (exact) mass is 310 g/mol. The van der Waals surface area contributed by atoms with Crippen molar-refractivity contribution in [3.63, 3.8) is 0 Å². The Bertz CT molecular complexity index is 677. The van der Waals surface area contributed by atoms with Crippen LogP contribution in [0.2, 0.25) is 0 Å². The molecular formula is C16H17F3N2O. The van der Waals surface area contributed by atoms with Crippen molar-refractivity contribution in [1.29, 1.82) is 0 Å². The number of hydrogen-bond donors (Lipinski definition) is 1. The number of hydrogen-bond acceptors (Lipinski definition) is 1. The second kappa shape index (κ2) is 5.66. The van der Waals surface area contributed by atoms with E-state index >= 15 is 0 Å². The van der Waals surface area contributed by atoms with E-state index in [9.17, 15) is 18.0 Å². The Morgan fingerprint density at radius 2 is 2.09 bits per heavy atom. The molecule has 0 radical (unpaired) electrons. The van der Waals surface area contributed by atoms with Crippen LogP contribution in [0.15, 0.2) is 30.5 Å². The molecule has 0 bridgehead atoms. The summed E-state index contributed by atoms with van der Waals surface area (Å²) in [4.78, 5) is 16.8. The molecule has 22 heavy (non-hydrogen) atoms. The third-order valence-electron chi connectivity index (χ3n) is 4.25. The first-order valence-electron chi connectivity index (χ1n) is 7.34. The number of aromatic amines is 1. The fourth-order valence-electron chi connectivity index (χ4n) is 3.02. The van der Waals surface area contributed by atoms with Gasteiger partial charge in [-0.15, -0.1) is 0 Å². The summed E-state index contributed by atoms with van der Waals surface area (Å²) < 4.78 is 38.5. The van der Waals surface area contributed by atoms with Crippen molar-refractivity contribution in [3.8, 4) is 0 Å². The Hall–Kier alpha value is -1.98. The molecule has 2 heterocycles. The molecule has 1 aromatic carbocycles. The number of halogens is 3. The maximum Gasteiger partial charge on any atom is 0.393 e. The van der Waals surface area contributed by atoms with Crippen LogP contribution < -0.4 is 0 Å². The van der Waals surface area contributed by atoms with Crippen LogP contribution in [0.1, 0.15) is 18.4 Å². The number of aromatic nitrogens is 1. The third-order valence-corrected chi connectivity index (χ3v) is 4.25. The molecule has 1 aliphatic rings. The lowest BCUT2D eigenvalue weighted by Gasteiger charge is -2.33. The lowest BCUT2D eigenvalue weighted by atomic mass is 9.97. The quantitative estimate of drug-likeness (QED) is 0.905. The average Bonchev–Trinajstić information content (AvgIpc) is 2.90. The van der Waals surface area contributed by atoms with Crippen molar-refractivity contribution in [3.05, 3.63) is 36.0 Å². The van der Waals surface area contributed by atoms with Crippen LogP contribution in [0.5, 0.6) is 0 Å². The van der Waals surface area contributed by atoms with Gasteiger partial charge in [-0.3, -0.25) is 4.79 Å². The number of carbonyl (C=O) groups is 1. The second-order valence-corrected chi connectivity index (χ2v) is 5.76. The van der Waals surface area contributed by atoms with Gasteiger partial charge in [-0.05, 0) is 24.5 Å². The van der Waals surface area contributed by atoms with Crippen LogP contribution in [0, 0.1) is 5.92 Å². The molecule has 2 aromatic rings. The fraction of sp³-hybridized carbons (Fsp3) is 0.438. The van der Waals surface area contributed by atoms with Gasteiger partial charge in [0.25, 0.3) is 0 Å². The lowest BCUT2D eigenvalue weighted by Crippen LogP contribution is -2.45. The molecule has 0 unspecified atom stereocenters. The predicted molar refractivity (Wildman–Crippen MR) is 77.4 cm³/mol. The smallest absolute Gasteiger partial charge is 0.361 e. The molecule has 1 saturated heterocycles. The van der Waals surface area contributed by atoms with E-state index < -0.39 is 12.1 Å². The molecule has 0 aliphatic carbocycles. The van der Waals surface area contributed by atoms with Crippen molar-refractivity contribution in [1.82, 2.24) is 9.88 Å². The minimum Gasteiger partial charge on any atom is -0.361 e. The van der Waals surface area contributed by atoms with Crippen LogP contribution in [-0.2, 0) is 11.2 Å². The number of nitrogens with zero attached hydrogens (tertiary/aromatic N) is 1. The summed E-state index contributed by atoms with van der Waals surface area (Å²) in [5.74, 6) is -1.63. The van der Waals surface area contributed by atoms with Crippen molar-refractivity contribution in [2.45, 2.75) is 25.4 Å². The number of alkyl halides is 3. The number of fused-ring (bicyclic) bond motifs is 1. The maximum absolute atomic E-state index is 12.8. The second-order valence-electron chi connectivity index (χ2n) is 5.76. The normalized spacial score (nSPS) is 19.6. The highest BCUT2D eigenvalue weighted by Crippen LogP contribution is 2.33. The molecule has 1 amide bonds. The molecule has 1 fully saturated rings. The lowest BCUT2D eigenvalue weighted by molar-refractivity contribution is -0.187. The molecule has 6 heteroatoms. The van der Waals surface area contributed by atoms with Gasteiger partial charge in [0.1, 0.15) is 0 Å². The van der Waals surface area contributed by atoms with Gasteiger partial charge >= 0.3 is 6.18 Å². The zero-order valence-electron chi connectivity index (χ0n) is 12.0. The van der Waals surface area contributed by atoms with E-state index in [1.165, 1.54) is 4.90 Å². The largest absolute Gasteiger partial charge is 0.393 e. The minimum atomic E-state index is -4.22. The SMILES string of the molecule is O=C(Cc1c[nH]c2ccccc12)N1CCC[C@H](C(F)(F)F)C1. The number of para-hydroxylation sites is 1. The Morgan fingerprint density at radius 3 is 2.86 bits per heavy atom. The molecule has 0 spiro atoms. The number of amides is 1. The van der Waals surface area contributed by atoms with Gasteiger partial charge in [-0.1, -0.05) is 18.2 Å². The van der Waals surface area contributed by atoms with Gasteiger partial charge in [0, 0.05) is 30.2 Å². The molecule has 1 atom stereocenters. The summed E-state index contributed by atoms with van der Waals surface area (Å²) in [6, 6.07) is 7.58. The van der Waals surface area contributed by atoms with E-state index in [2.05, 4.69) is 4.98 Å². The minimum absolute atomic E-state index is 0.111. The topological polar surface area (TPSA) is 36.1 Å². The highest BCUT2D eigenvalue weighted by atomic mass is 19.4.